The number of esters is 1. The predicted molar refractivity (Wildman–Crippen MR) is 157 cm³/mol. The molecule has 4 aromatic rings. The minimum atomic E-state index is -0.735. The third-order valence-electron chi connectivity index (χ3n) is 6.30. The van der Waals surface area contributed by atoms with Gasteiger partial charge in [0, 0.05) is 0 Å². The van der Waals surface area contributed by atoms with Crippen molar-refractivity contribution in [1.82, 2.24) is 25.0 Å². The number of ether oxygens (including phenoxy) is 3. The molecule has 1 aromatic carbocycles. The lowest BCUT2D eigenvalue weighted by molar-refractivity contribution is -0.155. The van der Waals surface area contributed by atoms with Crippen LogP contribution in [0.3, 0.4) is 0 Å². The van der Waals surface area contributed by atoms with E-state index in [-0.39, 0.29) is 35.5 Å². The second-order valence-electron chi connectivity index (χ2n) is 10.7. The number of anilines is 3. The van der Waals surface area contributed by atoms with Crippen LogP contribution in [0.1, 0.15) is 51.3 Å². The van der Waals surface area contributed by atoms with Crippen LogP contribution in [0.25, 0.3) is 5.69 Å². The first-order valence-corrected chi connectivity index (χ1v) is 13.4. The Morgan fingerprint density at radius 2 is 1.88 bits per heavy atom. The second-order valence-corrected chi connectivity index (χ2v) is 10.7. The molecule has 0 unspecified atom stereocenters. The van der Waals surface area contributed by atoms with Crippen LogP contribution in [0, 0.1) is 23.1 Å². The first-order chi connectivity index (χ1) is 20.5. The maximum Gasteiger partial charge on any atom is 0.306 e. The standard InChI is InChI=1S/C30H33FN8O4/c1-18(13-25(40)43-30(2,3)4)26(19-7-9-22(41-5)10-8-19)36-28-23(31)14-20(16-32)27(37-28)35-21-15-24(29(42-6)33-17-21)39-12-11-34-38-39/h7-12,14-15,17-18,26H,13H2,1-6H3,(H2,35,36,37)/t18-,26+/m1/s1. The minimum Gasteiger partial charge on any atom is -0.497 e. The molecule has 2 N–H and O–H groups in total. The predicted octanol–water partition coefficient (Wildman–Crippen LogP) is 5.35. The van der Waals surface area contributed by atoms with E-state index in [2.05, 4.69) is 30.9 Å². The summed E-state index contributed by atoms with van der Waals surface area (Å²) in [5.41, 5.74) is 1.03. The monoisotopic (exact) mass is 588 g/mol. The summed E-state index contributed by atoms with van der Waals surface area (Å²) in [4.78, 5) is 21.4. The Kier molecular flexibility index (Phi) is 9.39. The highest BCUT2D eigenvalue weighted by molar-refractivity contribution is 5.70. The number of nitriles is 1. The molecule has 224 valence electrons. The molecule has 3 heterocycles. The van der Waals surface area contributed by atoms with Gasteiger partial charge < -0.3 is 24.8 Å². The number of carbonyl (C=O) groups excluding carboxylic acids is 1. The van der Waals surface area contributed by atoms with Gasteiger partial charge in [0.15, 0.2) is 17.5 Å². The zero-order valence-corrected chi connectivity index (χ0v) is 24.8. The summed E-state index contributed by atoms with van der Waals surface area (Å²) in [7, 11) is 3.04. The molecule has 0 aliphatic heterocycles. The number of hydrogen-bond donors (Lipinski definition) is 2. The number of rotatable bonds is 11. The number of pyridine rings is 2. The molecule has 0 saturated heterocycles. The Bertz CT molecular complexity index is 1600. The molecule has 13 heteroatoms. The van der Waals surface area contributed by atoms with Crippen LogP contribution < -0.4 is 20.1 Å². The molecule has 0 aliphatic carbocycles. The van der Waals surface area contributed by atoms with Crippen LogP contribution in [-0.4, -0.2) is 50.8 Å². The molecule has 0 radical (unpaired) electrons. The summed E-state index contributed by atoms with van der Waals surface area (Å²) in [6.45, 7) is 7.26. The molecular weight excluding hydrogens is 555 g/mol. The number of carbonyl (C=O) groups is 1. The van der Waals surface area contributed by atoms with Crippen molar-refractivity contribution in [2.75, 3.05) is 24.9 Å². The van der Waals surface area contributed by atoms with Crippen molar-refractivity contribution in [3.8, 4) is 23.4 Å². The van der Waals surface area contributed by atoms with Gasteiger partial charge in [-0.05, 0) is 56.5 Å². The summed E-state index contributed by atoms with van der Waals surface area (Å²) >= 11 is 0. The Hall–Kier alpha value is -5.25. The fourth-order valence-electron chi connectivity index (χ4n) is 4.35. The molecule has 2 atom stereocenters. The molecule has 0 fully saturated rings. The van der Waals surface area contributed by atoms with Gasteiger partial charge in [0.2, 0.25) is 5.88 Å². The lowest BCUT2D eigenvalue weighted by atomic mass is 9.91. The molecular formula is C30H33FN8O4. The van der Waals surface area contributed by atoms with Crippen molar-refractivity contribution in [3.63, 3.8) is 0 Å². The van der Waals surface area contributed by atoms with Gasteiger partial charge >= 0.3 is 5.97 Å². The number of nitrogens with zero attached hydrogens (tertiary/aromatic N) is 6. The minimum absolute atomic E-state index is 0.0241. The molecule has 3 aromatic heterocycles. The smallest absolute Gasteiger partial charge is 0.306 e. The molecule has 4 rings (SSSR count). The summed E-state index contributed by atoms with van der Waals surface area (Å²) in [5.74, 6) is -0.533. The average Bonchev–Trinajstić information content (AvgIpc) is 3.51. The number of hydrogen-bond acceptors (Lipinski definition) is 11. The highest BCUT2D eigenvalue weighted by Crippen LogP contribution is 2.33. The maximum atomic E-state index is 15.4. The van der Waals surface area contributed by atoms with Crippen LogP contribution >= 0.6 is 0 Å². The zero-order chi connectivity index (χ0) is 31.1. The highest BCUT2D eigenvalue weighted by Gasteiger charge is 2.27. The number of aromatic nitrogens is 5. The SMILES string of the molecule is COc1ccc([C@@H](Nc2nc(Nc3cnc(OC)c(-n4ccnn4)c3)c(C#N)cc2F)[C@H](C)CC(=O)OC(C)(C)C)cc1. The quantitative estimate of drug-likeness (QED) is 0.218. The van der Waals surface area contributed by atoms with Gasteiger partial charge in [-0.2, -0.15) is 5.26 Å². The molecule has 0 bridgehead atoms. The van der Waals surface area contributed by atoms with E-state index >= 15 is 4.39 Å². The number of nitrogens with one attached hydrogen (secondary N) is 2. The fraction of sp³-hybridized carbons (Fsp3) is 0.333. The Balaban J connectivity index is 1.68. The molecule has 43 heavy (non-hydrogen) atoms. The third kappa shape index (κ3) is 7.73. The van der Waals surface area contributed by atoms with E-state index in [0.717, 1.165) is 11.6 Å². The molecule has 0 amide bonds. The first-order valence-electron chi connectivity index (χ1n) is 13.4. The van der Waals surface area contributed by atoms with Gasteiger partial charge in [-0.15, -0.1) is 5.10 Å². The Morgan fingerprint density at radius 1 is 1.14 bits per heavy atom. The molecule has 12 nitrogen and oxygen atoms in total. The number of methoxy groups -OCH3 is 2. The van der Waals surface area contributed by atoms with Crippen molar-refractivity contribution < 1.29 is 23.4 Å². The van der Waals surface area contributed by atoms with E-state index in [9.17, 15) is 10.1 Å². The van der Waals surface area contributed by atoms with Crippen LogP contribution in [-0.2, 0) is 9.53 Å². The zero-order valence-electron chi connectivity index (χ0n) is 24.8. The number of halogens is 1. The first kappa shape index (κ1) is 30.7. The highest BCUT2D eigenvalue weighted by atomic mass is 19.1. The lowest BCUT2D eigenvalue weighted by Crippen LogP contribution is -2.28. The largest absolute Gasteiger partial charge is 0.497 e. The van der Waals surface area contributed by atoms with Crippen molar-refractivity contribution >= 4 is 23.3 Å². The van der Waals surface area contributed by atoms with Crippen molar-refractivity contribution in [2.24, 2.45) is 5.92 Å². The average molecular weight is 589 g/mol. The van der Waals surface area contributed by atoms with E-state index in [1.165, 1.54) is 24.2 Å². The molecule has 0 aliphatic rings. The summed E-state index contributed by atoms with van der Waals surface area (Å²) in [6, 6.07) is 11.4. The third-order valence-corrected chi connectivity index (χ3v) is 6.30. The van der Waals surface area contributed by atoms with E-state index in [4.69, 9.17) is 14.2 Å². The molecule has 0 spiro atoms. The van der Waals surface area contributed by atoms with Gasteiger partial charge in [0.1, 0.15) is 23.1 Å². The fourth-order valence-corrected chi connectivity index (χ4v) is 4.35. The Morgan fingerprint density at radius 3 is 2.49 bits per heavy atom. The topological polar surface area (TPSA) is 149 Å². The van der Waals surface area contributed by atoms with Crippen molar-refractivity contribution in [2.45, 2.75) is 45.8 Å². The van der Waals surface area contributed by atoms with Crippen molar-refractivity contribution in [3.05, 3.63) is 71.9 Å². The lowest BCUT2D eigenvalue weighted by Gasteiger charge is -2.28. The second kappa shape index (κ2) is 13.2. The molecule has 0 saturated carbocycles. The van der Waals surface area contributed by atoms with Gasteiger partial charge in [-0.1, -0.05) is 24.3 Å². The van der Waals surface area contributed by atoms with Gasteiger partial charge in [0.05, 0.1) is 56.5 Å². The van der Waals surface area contributed by atoms with E-state index < -0.39 is 17.5 Å². The normalized spacial score (nSPS) is 12.5. The van der Waals surface area contributed by atoms with Gasteiger partial charge in [-0.3, -0.25) is 4.79 Å². The summed E-state index contributed by atoms with van der Waals surface area (Å²) in [5, 5.41) is 23.8. The summed E-state index contributed by atoms with van der Waals surface area (Å²) in [6.07, 6.45) is 4.68. The van der Waals surface area contributed by atoms with Gasteiger partial charge in [-0.25, -0.2) is 19.0 Å². The van der Waals surface area contributed by atoms with E-state index in [1.54, 1.807) is 52.3 Å². The van der Waals surface area contributed by atoms with E-state index in [0.29, 0.717) is 23.0 Å². The maximum absolute atomic E-state index is 15.4. The van der Waals surface area contributed by atoms with Gasteiger partial charge in [0.25, 0.3) is 0 Å². The van der Waals surface area contributed by atoms with Crippen LogP contribution in [0.15, 0.2) is 55.0 Å². The number of benzene rings is 1. The van der Waals surface area contributed by atoms with Crippen LogP contribution in [0.4, 0.5) is 21.7 Å². The Labute approximate surface area is 248 Å². The van der Waals surface area contributed by atoms with Crippen LogP contribution in [0.5, 0.6) is 11.6 Å². The van der Waals surface area contributed by atoms with E-state index in [1.807, 2.05) is 25.1 Å². The van der Waals surface area contributed by atoms with Crippen LogP contribution in [0.2, 0.25) is 0 Å². The van der Waals surface area contributed by atoms with Crippen molar-refractivity contribution in [1.29, 1.82) is 5.26 Å². The summed E-state index contributed by atoms with van der Waals surface area (Å²) < 4.78 is 33.0.